The second kappa shape index (κ2) is 5.51. The van der Waals surface area contributed by atoms with Gasteiger partial charge in [0.15, 0.2) is 0 Å². The Morgan fingerprint density at radius 2 is 2.25 bits per heavy atom. The van der Waals surface area contributed by atoms with Gasteiger partial charge in [0.2, 0.25) is 0 Å². The second-order valence-electron chi connectivity index (χ2n) is 3.32. The Bertz CT molecular complexity index is 429. The van der Waals surface area contributed by atoms with Crippen LogP contribution in [0.1, 0.15) is 15.9 Å². The number of amides is 1. The fourth-order valence-corrected chi connectivity index (χ4v) is 1.26. The van der Waals surface area contributed by atoms with Crippen LogP contribution >= 0.6 is 11.6 Å². The molecule has 0 saturated carbocycles. The standard InChI is InChI=1S/C11H14ClN3O/c1-7-3-4-8(11(16)14-2)5-9(7)15-10(13)6-12/h3-5H,6H2,1-2H3,(H2,13,15)(H,14,16). The number of hydrogen-bond acceptors (Lipinski definition) is 2. The number of nitrogens with one attached hydrogen (secondary N) is 1. The zero-order chi connectivity index (χ0) is 12.1. The smallest absolute Gasteiger partial charge is 0.251 e. The lowest BCUT2D eigenvalue weighted by molar-refractivity contribution is 0.0963. The summed E-state index contributed by atoms with van der Waals surface area (Å²) >= 11 is 5.55. The quantitative estimate of drug-likeness (QED) is 0.478. The lowest BCUT2D eigenvalue weighted by Crippen LogP contribution is -2.17. The van der Waals surface area contributed by atoms with Crippen LogP contribution in [0.5, 0.6) is 0 Å². The van der Waals surface area contributed by atoms with Crippen LogP contribution in [0.2, 0.25) is 0 Å². The third-order valence-corrected chi connectivity index (χ3v) is 2.37. The maximum absolute atomic E-state index is 11.4. The molecule has 4 nitrogen and oxygen atoms in total. The molecule has 0 aliphatic rings. The summed E-state index contributed by atoms with van der Waals surface area (Å²) in [5.74, 6) is 0.351. The summed E-state index contributed by atoms with van der Waals surface area (Å²) in [7, 11) is 1.58. The van der Waals surface area contributed by atoms with Crippen LogP contribution in [-0.4, -0.2) is 24.7 Å². The SMILES string of the molecule is CNC(=O)c1ccc(C)c(N=C(N)CCl)c1. The molecule has 16 heavy (non-hydrogen) atoms. The molecule has 0 aliphatic carbocycles. The Morgan fingerprint density at radius 1 is 1.56 bits per heavy atom. The number of aryl methyl sites for hydroxylation is 1. The highest BCUT2D eigenvalue weighted by Gasteiger charge is 2.05. The number of rotatable bonds is 3. The second-order valence-corrected chi connectivity index (χ2v) is 3.58. The van der Waals surface area contributed by atoms with Gasteiger partial charge in [-0.3, -0.25) is 4.79 Å². The van der Waals surface area contributed by atoms with Crippen molar-refractivity contribution in [3.8, 4) is 0 Å². The third-order valence-electron chi connectivity index (χ3n) is 2.10. The molecule has 0 radical (unpaired) electrons. The van der Waals surface area contributed by atoms with E-state index in [1.165, 1.54) is 0 Å². The number of aliphatic imine (C=N–C) groups is 1. The van der Waals surface area contributed by atoms with Crippen LogP contribution < -0.4 is 11.1 Å². The lowest BCUT2D eigenvalue weighted by Gasteiger charge is -2.05. The van der Waals surface area contributed by atoms with Crippen molar-refractivity contribution in [1.82, 2.24) is 5.32 Å². The minimum absolute atomic E-state index is 0.152. The summed E-state index contributed by atoms with van der Waals surface area (Å²) in [4.78, 5) is 15.6. The molecular weight excluding hydrogens is 226 g/mol. The van der Waals surface area contributed by atoms with Crippen molar-refractivity contribution in [3.05, 3.63) is 29.3 Å². The van der Waals surface area contributed by atoms with Crippen molar-refractivity contribution < 1.29 is 4.79 Å². The van der Waals surface area contributed by atoms with Gasteiger partial charge in [0.25, 0.3) is 5.91 Å². The predicted octanol–water partition coefficient (Wildman–Crippen LogP) is 1.58. The maximum Gasteiger partial charge on any atom is 0.251 e. The van der Waals surface area contributed by atoms with Gasteiger partial charge >= 0.3 is 0 Å². The van der Waals surface area contributed by atoms with Gasteiger partial charge in [0.05, 0.1) is 11.6 Å². The molecule has 1 aromatic carbocycles. The Balaban J connectivity index is 3.14. The van der Waals surface area contributed by atoms with Crippen LogP contribution in [0.15, 0.2) is 23.2 Å². The van der Waals surface area contributed by atoms with Gasteiger partial charge in [-0.1, -0.05) is 6.07 Å². The van der Waals surface area contributed by atoms with E-state index in [1.54, 1.807) is 19.2 Å². The average Bonchev–Trinajstić information content (AvgIpc) is 2.30. The van der Waals surface area contributed by atoms with Crippen molar-refractivity contribution in [2.24, 2.45) is 10.7 Å². The summed E-state index contributed by atoms with van der Waals surface area (Å²) in [6, 6.07) is 5.25. The van der Waals surface area contributed by atoms with Gasteiger partial charge in [-0.05, 0) is 24.6 Å². The van der Waals surface area contributed by atoms with E-state index in [9.17, 15) is 4.79 Å². The first-order chi connectivity index (χ1) is 7.58. The molecule has 5 heteroatoms. The topological polar surface area (TPSA) is 67.5 Å². The van der Waals surface area contributed by atoms with Crippen LogP contribution in [0.3, 0.4) is 0 Å². The van der Waals surface area contributed by atoms with Crippen molar-refractivity contribution in [1.29, 1.82) is 0 Å². The molecule has 0 saturated heterocycles. The van der Waals surface area contributed by atoms with Gasteiger partial charge in [-0.15, -0.1) is 11.6 Å². The molecule has 1 rings (SSSR count). The number of carbonyl (C=O) groups is 1. The largest absolute Gasteiger partial charge is 0.386 e. The van der Waals surface area contributed by atoms with E-state index in [1.807, 2.05) is 13.0 Å². The molecule has 3 N–H and O–H groups in total. The van der Waals surface area contributed by atoms with Gasteiger partial charge in [-0.2, -0.15) is 0 Å². The van der Waals surface area contributed by atoms with Crippen molar-refractivity contribution >= 4 is 29.0 Å². The van der Waals surface area contributed by atoms with Crippen molar-refractivity contribution in [3.63, 3.8) is 0 Å². The summed E-state index contributed by atoms with van der Waals surface area (Å²) in [6.07, 6.45) is 0. The fraction of sp³-hybridized carbons (Fsp3) is 0.273. The Morgan fingerprint density at radius 3 is 2.81 bits per heavy atom. The van der Waals surface area contributed by atoms with E-state index in [4.69, 9.17) is 17.3 Å². The number of nitrogens with zero attached hydrogens (tertiary/aromatic N) is 1. The Hall–Kier alpha value is -1.55. The van der Waals surface area contributed by atoms with E-state index in [0.717, 1.165) is 5.56 Å². The molecule has 86 valence electrons. The first-order valence-electron chi connectivity index (χ1n) is 4.80. The van der Waals surface area contributed by atoms with Crippen LogP contribution in [-0.2, 0) is 0 Å². The zero-order valence-corrected chi connectivity index (χ0v) is 10.0. The van der Waals surface area contributed by atoms with Crippen molar-refractivity contribution in [2.75, 3.05) is 12.9 Å². The highest BCUT2D eigenvalue weighted by molar-refractivity contribution is 6.28. The lowest BCUT2D eigenvalue weighted by atomic mass is 10.1. The molecule has 1 amide bonds. The minimum atomic E-state index is -0.152. The zero-order valence-electron chi connectivity index (χ0n) is 9.25. The predicted molar refractivity (Wildman–Crippen MR) is 66.6 cm³/mol. The number of benzene rings is 1. The Kier molecular flexibility index (Phi) is 4.31. The van der Waals surface area contributed by atoms with Gasteiger partial charge in [-0.25, -0.2) is 4.99 Å². The summed E-state index contributed by atoms with van der Waals surface area (Å²) < 4.78 is 0. The summed E-state index contributed by atoms with van der Waals surface area (Å²) in [6.45, 7) is 1.90. The van der Waals surface area contributed by atoms with Crippen LogP contribution in [0, 0.1) is 6.92 Å². The normalized spacial score (nSPS) is 11.3. The number of halogens is 1. The molecular formula is C11H14ClN3O. The first-order valence-corrected chi connectivity index (χ1v) is 5.33. The monoisotopic (exact) mass is 239 g/mol. The van der Waals surface area contributed by atoms with E-state index in [-0.39, 0.29) is 11.8 Å². The molecule has 0 bridgehead atoms. The molecule has 0 aliphatic heterocycles. The van der Waals surface area contributed by atoms with Gasteiger partial charge in [0, 0.05) is 12.6 Å². The first kappa shape index (κ1) is 12.5. The molecule has 0 heterocycles. The summed E-state index contributed by atoms with van der Waals surface area (Å²) in [5.41, 5.74) is 7.71. The van der Waals surface area contributed by atoms with E-state index < -0.39 is 0 Å². The van der Waals surface area contributed by atoms with Gasteiger partial charge in [0.1, 0.15) is 5.84 Å². The molecule has 0 unspecified atom stereocenters. The molecule has 0 fully saturated rings. The average molecular weight is 240 g/mol. The molecule has 0 atom stereocenters. The van der Waals surface area contributed by atoms with Crippen molar-refractivity contribution in [2.45, 2.75) is 6.92 Å². The molecule has 1 aromatic rings. The molecule has 0 spiro atoms. The van der Waals surface area contributed by atoms with Gasteiger partial charge < -0.3 is 11.1 Å². The minimum Gasteiger partial charge on any atom is -0.386 e. The number of amidine groups is 1. The van der Waals surface area contributed by atoms with E-state index in [2.05, 4.69) is 10.3 Å². The number of hydrogen-bond donors (Lipinski definition) is 2. The number of nitrogens with two attached hydrogens (primary N) is 1. The fourth-order valence-electron chi connectivity index (χ4n) is 1.20. The van der Waals surface area contributed by atoms with E-state index >= 15 is 0 Å². The number of alkyl halides is 1. The van der Waals surface area contributed by atoms with Crippen LogP contribution in [0.4, 0.5) is 5.69 Å². The number of carbonyl (C=O) groups excluding carboxylic acids is 1. The Labute approximate surface area is 99.5 Å². The van der Waals surface area contributed by atoms with Crippen LogP contribution in [0.25, 0.3) is 0 Å². The highest BCUT2D eigenvalue weighted by Crippen LogP contribution is 2.20. The highest BCUT2D eigenvalue weighted by atomic mass is 35.5. The summed E-state index contributed by atoms with van der Waals surface area (Å²) in [5, 5.41) is 2.55. The maximum atomic E-state index is 11.4. The van der Waals surface area contributed by atoms with E-state index in [0.29, 0.717) is 17.1 Å². The molecule has 0 aromatic heterocycles. The third kappa shape index (κ3) is 2.97.